The molecule has 0 heterocycles. The molecule has 0 aliphatic rings. The summed E-state index contributed by atoms with van der Waals surface area (Å²) < 4.78 is 0. The zero-order valence-corrected chi connectivity index (χ0v) is 9.32. The smallest absolute Gasteiger partial charge is 0.221 e. The lowest BCUT2D eigenvalue weighted by Crippen LogP contribution is -2.31. The number of hydrogen-bond acceptors (Lipinski definition) is 3. The van der Waals surface area contributed by atoms with Crippen molar-refractivity contribution in [3.05, 3.63) is 0 Å². The van der Waals surface area contributed by atoms with Crippen LogP contribution in [0.4, 0.5) is 0 Å². The first kappa shape index (κ1) is 12.8. The van der Waals surface area contributed by atoms with E-state index in [1.54, 1.807) is 11.8 Å². The van der Waals surface area contributed by atoms with Crippen LogP contribution in [0.1, 0.15) is 26.2 Å². The number of nitrogens with two attached hydrogens (primary N) is 1. The molecule has 0 aromatic carbocycles. The molecule has 0 aliphatic carbocycles. The van der Waals surface area contributed by atoms with Gasteiger partial charge in [0.05, 0.1) is 0 Å². The van der Waals surface area contributed by atoms with E-state index in [0.29, 0.717) is 6.42 Å². The molecular weight excluding hydrogens is 184 g/mol. The Morgan fingerprint density at radius 2 is 2.31 bits per heavy atom. The van der Waals surface area contributed by atoms with Crippen LogP contribution in [0, 0.1) is 0 Å². The molecule has 4 heteroatoms. The quantitative estimate of drug-likeness (QED) is 0.608. The van der Waals surface area contributed by atoms with E-state index in [0.717, 1.165) is 25.1 Å². The summed E-state index contributed by atoms with van der Waals surface area (Å²) in [6.45, 7) is 2.77. The van der Waals surface area contributed by atoms with Crippen molar-refractivity contribution in [2.45, 2.75) is 32.2 Å². The highest BCUT2D eigenvalue weighted by molar-refractivity contribution is 7.98. The summed E-state index contributed by atoms with van der Waals surface area (Å²) in [6.07, 6.45) is 4.41. The average Bonchev–Trinajstić information content (AvgIpc) is 2.12. The largest absolute Gasteiger partial charge is 0.356 e. The van der Waals surface area contributed by atoms with Crippen LogP contribution >= 0.6 is 11.8 Å². The van der Waals surface area contributed by atoms with E-state index < -0.39 is 0 Å². The normalized spacial score (nSPS) is 12.5. The second-order valence-corrected chi connectivity index (χ2v) is 4.05. The average molecular weight is 204 g/mol. The summed E-state index contributed by atoms with van der Waals surface area (Å²) in [4.78, 5) is 11.2. The third-order valence-corrected chi connectivity index (χ3v) is 2.52. The fourth-order valence-electron chi connectivity index (χ4n) is 0.899. The molecule has 1 amide bonds. The summed E-state index contributed by atoms with van der Waals surface area (Å²) in [6, 6.07) is 0.0144. The molecule has 0 bridgehead atoms. The SMILES string of the molecule is CCC(N)CC(=O)NCCCSC. The fourth-order valence-corrected chi connectivity index (χ4v) is 1.33. The lowest BCUT2D eigenvalue weighted by Gasteiger charge is -2.08. The molecule has 0 saturated carbocycles. The second kappa shape index (κ2) is 8.38. The molecular formula is C9H20N2OS. The van der Waals surface area contributed by atoms with E-state index in [-0.39, 0.29) is 11.9 Å². The number of hydrogen-bond donors (Lipinski definition) is 2. The van der Waals surface area contributed by atoms with Crippen LogP contribution in [0.25, 0.3) is 0 Å². The van der Waals surface area contributed by atoms with Gasteiger partial charge >= 0.3 is 0 Å². The van der Waals surface area contributed by atoms with Gasteiger partial charge in [-0.15, -0.1) is 0 Å². The number of carbonyl (C=O) groups excluding carboxylic acids is 1. The third kappa shape index (κ3) is 8.12. The molecule has 1 unspecified atom stereocenters. The maximum Gasteiger partial charge on any atom is 0.221 e. The summed E-state index contributed by atoms with van der Waals surface area (Å²) in [7, 11) is 0. The zero-order chi connectivity index (χ0) is 10.1. The summed E-state index contributed by atoms with van der Waals surface area (Å²) >= 11 is 1.80. The van der Waals surface area contributed by atoms with E-state index in [2.05, 4.69) is 11.6 Å². The van der Waals surface area contributed by atoms with Crippen molar-refractivity contribution in [3.63, 3.8) is 0 Å². The van der Waals surface area contributed by atoms with Gasteiger partial charge in [0.1, 0.15) is 0 Å². The van der Waals surface area contributed by atoms with Crippen LogP contribution in [0.3, 0.4) is 0 Å². The highest BCUT2D eigenvalue weighted by Gasteiger charge is 2.05. The van der Waals surface area contributed by atoms with E-state index in [4.69, 9.17) is 5.73 Å². The van der Waals surface area contributed by atoms with Crippen molar-refractivity contribution in [2.24, 2.45) is 5.73 Å². The highest BCUT2D eigenvalue weighted by Crippen LogP contribution is 1.95. The predicted octanol–water partition coefficient (Wildman–Crippen LogP) is 0.983. The van der Waals surface area contributed by atoms with Gasteiger partial charge in [-0.1, -0.05) is 6.92 Å². The third-order valence-electron chi connectivity index (χ3n) is 1.82. The molecule has 3 N–H and O–H groups in total. The van der Waals surface area contributed by atoms with Crippen molar-refractivity contribution in [2.75, 3.05) is 18.6 Å². The molecule has 0 spiro atoms. The Labute approximate surface area is 84.8 Å². The second-order valence-electron chi connectivity index (χ2n) is 3.07. The van der Waals surface area contributed by atoms with Crippen molar-refractivity contribution in [1.29, 1.82) is 0 Å². The Hall–Kier alpha value is -0.220. The monoisotopic (exact) mass is 204 g/mol. The van der Waals surface area contributed by atoms with E-state index in [1.807, 2.05) is 6.92 Å². The number of rotatable bonds is 7. The van der Waals surface area contributed by atoms with Crippen LogP contribution < -0.4 is 11.1 Å². The number of thioether (sulfide) groups is 1. The minimum Gasteiger partial charge on any atom is -0.356 e. The maximum absolute atomic E-state index is 11.2. The van der Waals surface area contributed by atoms with Gasteiger partial charge in [0.15, 0.2) is 0 Å². The Bertz CT molecular complexity index is 142. The highest BCUT2D eigenvalue weighted by atomic mass is 32.2. The standard InChI is InChI=1S/C9H20N2OS/c1-3-8(10)7-9(12)11-5-4-6-13-2/h8H,3-7,10H2,1-2H3,(H,11,12). The number of nitrogens with one attached hydrogen (secondary N) is 1. The summed E-state index contributed by atoms with van der Waals surface area (Å²) in [5.74, 6) is 1.18. The topological polar surface area (TPSA) is 55.1 Å². The first-order valence-electron chi connectivity index (χ1n) is 4.72. The molecule has 13 heavy (non-hydrogen) atoms. The van der Waals surface area contributed by atoms with Crippen LogP contribution in [0.5, 0.6) is 0 Å². The molecule has 78 valence electrons. The first-order chi connectivity index (χ1) is 6.20. The fraction of sp³-hybridized carbons (Fsp3) is 0.889. The van der Waals surface area contributed by atoms with E-state index >= 15 is 0 Å². The molecule has 0 radical (unpaired) electrons. The Kier molecular flexibility index (Phi) is 8.24. The summed E-state index contributed by atoms with van der Waals surface area (Å²) in [5.41, 5.74) is 5.64. The van der Waals surface area contributed by atoms with E-state index in [1.165, 1.54) is 0 Å². The van der Waals surface area contributed by atoms with E-state index in [9.17, 15) is 4.79 Å². The van der Waals surface area contributed by atoms with Gasteiger partial charge in [-0.2, -0.15) is 11.8 Å². The number of amides is 1. The molecule has 0 saturated heterocycles. The van der Waals surface area contributed by atoms with Crippen LogP contribution in [-0.2, 0) is 4.79 Å². The van der Waals surface area contributed by atoms with Crippen molar-refractivity contribution in [1.82, 2.24) is 5.32 Å². The molecule has 0 aromatic heterocycles. The lowest BCUT2D eigenvalue weighted by molar-refractivity contribution is -0.121. The van der Waals surface area contributed by atoms with Gasteiger partial charge in [0.25, 0.3) is 0 Å². The van der Waals surface area contributed by atoms with Crippen molar-refractivity contribution < 1.29 is 4.79 Å². The van der Waals surface area contributed by atoms with Gasteiger partial charge in [0.2, 0.25) is 5.91 Å². The molecule has 0 rings (SSSR count). The van der Waals surface area contributed by atoms with Gasteiger partial charge in [-0.25, -0.2) is 0 Å². The van der Waals surface area contributed by atoms with Gasteiger partial charge in [-0.3, -0.25) is 4.79 Å². The van der Waals surface area contributed by atoms with Crippen molar-refractivity contribution in [3.8, 4) is 0 Å². The Morgan fingerprint density at radius 1 is 1.62 bits per heavy atom. The first-order valence-corrected chi connectivity index (χ1v) is 6.11. The van der Waals surface area contributed by atoms with Crippen molar-refractivity contribution >= 4 is 17.7 Å². The summed E-state index contributed by atoms with van der Waals surface area (Å²) in [5, 5.41) is 2.85. The van der Waals surface area contributed by atoms with Gasteiger partial charge in [0, 0.05) is 19.0 Å². The maximum atomic E-state index is 11.2. The predicted molar refractivity (Wildman–Crippen MR) is 58.9 cm³/mol. The Morgan fingerprint density at radius 3 is 2.85 bits per heavy atom. The van der Waals surface area contributed by atoms with Gasteiger partial charge in [-0.05, 0) is 24.9 Å². The minimum absolute atomic E-state index is 0.0144. The molecule has 1 atom stereocenters. The Balaban J connectivity index is 3.30. The lowest BCUT2D eigenvalue weighted by atomic mass is 10.1. The molecule has 0 aromatic rings. The van der Waals surface area contributed by atoms with Crippen LogP contribution in [0.2, 0.25) is 0 Å². The zero-order valence-electron chi connectivity index (χ0n) is 8.51. The van der Waals surface area contributed by atoms with Crippen LogP contribution in [-0.4, -0.2) is 30.5 Å². The molecule has 0 fully saturated rings. The van der Waals surface area contributed by atoms with Crippen LogP contribution in [0.15, 0.2) is 0 Å². The van der Waals surface area contributed by atoms with Gasteiger partial charge < -0.3 is 11.1 Å². The number of carbonyl (C=O) groups is 1. The molecule has 0 aliphatic heterocycles. The minimum atomic E-state index is 0.0144. The molecule has 3 nitrogen and oxygen atoms in total.